The molecule has 0 bridgehead atoms. The van der Waals surface area contributed by atoms with Gasteiger partial charge in [0.15, 0.2) is 11.5 Å². The van der Waals surface area contributed by atoms with E-state index in [1.807, 2.05) is 13.0 Å². The first-order valence-electron chi connectivity index (χ1n) is 5.75. The van der Waals surface area contributed by atoms with Crippen molar-refractivity contribution in [2.45, 2.75) is 6.92 Å². The van der Waals surface area contributed by atoms with Gasteiger partial charge in [-0.2, -0.15) is 0 Å². The van der Waals surface area contributed by atoms with Crippen LogP contribution in [0.15, 0.2) is 36.8 Å². The van der Waals surface area contributed by atoms with Gasteiger partial charge in [-0.25, -0.2) is 14.4 Å². The minimum atomic E-state index is -0.300. The maximum absolute atomic E-state index is 13.4. The second-order valence-corrected chi connectivity index (χ2v) is 4.31. The molecule has 5 nitrogen and oxygen atoms in total. The summed E-state index contributed by atoms with van der Waals surface area (Å²) in [6, 6.07) is 4.69. The Bertz CT molecular complexity index is 730. The highest BCUT2D eigenvalue weighted by Crippen LogP contribution is 2.21. The Morgan fingerprint density at radius 3 is 2.95 bits per heavy atom. The second kappa shape index (κ2) is 4.24. The Morgan fingerprint density at radius 2 is 2.16 bits per heavy atom. The molecule has 3 rings (SSSR count). The number of nitrogen functional groups attached to an aromatic ring is 1. The molecule has 96 valence electrons. The van der Waals surface area contributed by atoms with Crippen molar-refractivity contribution < 1.29 is 4.39 Å². The third-order valence-corrected chi connectivity index (χ3v) is 2.70. The molecule has 0 atom stereocenters. The summed E-state index contributed by atoms with van der Waals surface area (Å²) >= 11 is 0. The lowest BCUT2D eigenvalue weighted by Gasteiger charge is -2.09. The molecule has 2 heterocycles. The number of nitrogens with two attached hydrogens (primary N) is 1. The van der Waals surface area contributed by atoms with Crippen LogP contribution in [0.5, 0.6) is 0 Å². The molecular weight excluding hydrogens is 245 g/mol. The molecular formula is C13H12FN5. The highest BCUT2D eigenvalue weighted by molar-refractivity contribution is 5.71. The predicted octanol–water partition coefficient (Wildman–Crippen LogP) is 2.50. The predicted molar refractivity (Wildman–Crippen MR) is 71.8 cm³/mol. The zero-order valence-corrected chi connectivity index (χ0v) is 10.3. The van der Waals surface area contributed by atoms with Crippen LogP contribution < -0.4 is 11.1 Å². The van der Waals surface area contributed by atoms with Crippen LogP contribution in [0.3, 0.4) is 0 Å². The number of rotatable bonds is 2. The SMILES string of the molecule is Cc1cc(F)cc(Nc2nc(N)cn3ccnc23)c1. The summed E-state index contributed by atoms with van der Waals surface area (Å²) in [7, 11) is 0. The van der Waals surface area contributed by atoms with Crippen molar-refractivity contribution in [2.24, 2.45) is 0 Å². The van der Waals surface area contributed by atoms with E-state index < -0.39 is 0 Å². The summed E-state index contributed by atoms with van der Waals surface area (Å²) in [5.41, 5.74) is 7.80. The van der Waals surface area contributed by atoms with E-state index in [1.165, 1.54) is 12.1 Å². The zero-order chi connectivity index (χ0) is 13.4. The quantitative estimate of drug-likeness (QED) is 0.740. The Labute approximate surface area is 108 Å². The number of benzene rings is 1. The number of aryl methyl sites for hydroxylation is 1. The van der Waals surface area contributed by atoms with Crippen LogP contribution >= 0.6 is 0 Å². The second-order valence-electron chi connectivity index (χ2n) is 4.31. The summed E-state index contributed by atoms with van der Waals surface area (Å²) in [5, 5.41) is 3.04. The number of fused-ring (bicyclic) bond motifs is 1. The standard InChI is InChI=1S/C13H12FN5/c1-8-4-9(14)6-10(5-8)17-12-13-16-2-3-19(13)7-11(15)18-12/h2-7H,15H2,1H3,(H,17,18). The number of hydrogen-bond acceptors (Lipinski definition) is 4. The van der Waals surface area contributed by atoms with Crippen LogP contribution in [-0.2, 0) is 0 Å². The third kappa shape index (κ3) is 2.20. The lowest BCUT2D eigenvalue weighted by atomic mass is 10.2. The lowest BCUT2D eigenvalue weighted by molar-refractivity contribution is 0.627. The van der Waals surface area contributed by atoms with Gasteiger partial charge in [-0.1, -0.05) is 0 Å². The van der Waals surface area contributed by atoms with E-state index in [-0.39, 0.29) is 5.82 Å². The molecule has 6 heteroatoms. The zero-order valence-electron chi connectivity index (χ0n) is 10.3. The van der Waals surface area contributed by atoms with Crippen molar-refractivity contribution in [2.75, 3.05) is 11.1 Å². The first-order valence-corrected chi connectivity index (χ1v) is 5.75. The van der Waals surface area contributed by atoms with Crippen LogP contribution in [0.4, 0.5) is 21.7 Å². The molecule has 3 aromatic rings. The third-order valence-electron chi connectivity index (χ3n) is 2.70. The Kier molecular flexibility index (Phi) is 2.56. The summed E-state index contributed by atoms with van der Waals surface area (Å²) in [6.07, 6.45) is 5.10. The van der Waals surface area contributed by atoms with Gasteiger partial charge in [0.25, 0.3) is 0 Å². The minimum Gasteiger partial charge on any atom is -0.382 e. The van der Waals surface area contributed by atoms with Crippen molar-refractivity contribution in [3.05, 3.63) is 48.2 Å². The number of hydrogen-bond donors (Lipinski definition) is 2. The molecule has 1 aromatic carbocycles. The van der Waals surface area contributed by atoms with Crippen molar-refractivity contribution in [1.29, 1.82) is 0 Å². The van der Waals surface area contributed by atoms with Gasteiger partial charge in [0.2, 0.25) is 0 Å². The number of anilines is 3. The van der Waals surface area contributed by atoms with E-state index in [0.29, 0.717) is 23.0 Å². The fourth-order valence-electron chi connectivity index (χ4n) is 1.98. The highest BCUT2D eigenvalue weighted by atomic mass is 19.1. The molecule has 0 saturated heterocycles. The maximum Gasteiger partial charge on any atom is 0.180 e. The van der Waals surface area contributed by atoms with E-state index in [0.717, 1.165) is 5.56 Å². The van der Waals surface area contributed by atoms with Crippen LogP contribution in [0.1, 0.15) is 5.56 Å². The molecule has 0 amide bonds. The van der Waals surface area contributed by atoms with Gasteiger partial charge in [-0.15, -0.1) is 0 Å². The normalized spacial score (nSPS) is 10.8. The van der Waals surface area contributed by atoms with Crippen molar-refractivity contribution >= 4 is 23.0 Å². The number of nitrogens with zero attached hydrogens (tertiary/aromatic N) is 3. The monoisotopic (exact) mass is 257 g/mol. The summed E-state index contributed by atoms with van der Waals surface area (Å²) in [6.45, 7) is 1.83. The van der Waals surface area contributed by atoms with Gasteiger partial charge in [0, 0.05) is 18.1 Å². The molecule has 0 aliphatic carbocycles. The number of imidazole rings is 1. The Morgan fingerprint density at radius 1 is 1.32 bits per heavy atom. The van der Waals surface area contributed by atoms with E-state index in [9.17, 15) is 4.39 Å². The number of nitrogens with one attached hydrogen (secondary N) is 1. The average molecular weight is 257 g/mol. The number of halogens is 1. The first-order chi connectivity index (χ1) is 9.11. The molecule has 0 saturated carbocycles. The fourth-order valence-corrected chi connectivity index (χ4v) is 1.98. The van der Waals surface area contributed by atoms with Gasteiger partial charge in [0.1, 0.15) is 11.6 Å². The van der Waals surface area contributed by atoms with E-state index >= 15 is 0 Å². The van der Waals surface area contributed by atoms with Crippen molar-refractivity contribution in [1.82, 2.24) is 14.4 Å². The van der Waals surface area contributed by atoms with E-state index in [4.69, 9.17) is 5.73 Å². The smallest absolute Gasteiger partial charge is 0.180 e. The van der Waals surface area contributed by atoms with Gasteiger partial charge in [0.05, 0.1) is 6.20 Å². The molecule has 0 fully saturated rings. The molecule has 3 N–H and O–H groups in total. The Balaban J connectivity index is 2.07. The summed E-state index contributed by atoms with van der Waals surface area (Å²) < 4.78 is 15.1. The van der Waals surface area contributed by atoms with E-state index in [1.54, 1.807) is 23.0 Å². The molecule has 0 radical (unpaired) electrons. The Hall–Kier alpha value is -2.63. The largest absolute Gasteiger partial charge is 0.382 e. The van der Waals surface area contributed by atoms with Crippen LogP contribution in [-0.4, -0.2) is 14.4 Å². The highest BCUT2D eigenvalue weighted by Gasteiger charge is 2.07. The molecule has 2 aromatic heterocycles. The van der Waals surface area contributed by atoms with Gasteiger partial charge in [-0.05, 0) is 30.7 Å². The fraction of sp³-hybridized carbons (Fsp3) is 0.0769. The van der Waals surface area contributed by atoms with E-state index in [2.05, 4.69) is 15.3 Å². The molecule has 19 heavy (non-hydrogen) atoms. The minimum absolute atomic E-state index is 0.300. The summed E-state index contributed by atoms with van der Waals surface area (Å²) in [5.74, 6) is 0.557. The summed E-state index contributed by atoms with van der Waals surface area (Å²) in [4.78, 5) is 8.38. The lowest BCUT2D eigenvalue weighted by Crippen LogP contribution is -2.02. The topological polar surface area (TPSA) is 68.2 Å². The van der Waals surface area contributed by atoms with Gasteiger partial charge < -0.3 is 15.5 Å². The average Bonchev–Trinajstić information content (AvgIpc) is 2.75. The van der Waals surface area contributed by atoms with Crippen molar-refractivity contribution in [3.63, 3.8) is 0 Å². The first kappa shape index (κ1) is 11.5. The van der Waals surface area contributed by atoms with Gasteiger partial charge in [-0.3, -0.25) is 0 Å². The van der Waals surface area contributed by atoms with Crippen LogP contribution in [0.25, 0.3) is 5.65 Å². The molecule has 0 unspecified atom stereocenters. The molecule has 0 aliphatic rings. The number of aromatic nitrogens is 3. The maximum atomic E-state index is 13.4. The van der Waals surface area contributed by atoms with Crippen LogP contribution in [0.2, 0.25) is 0 Å². The molecule has 0 aliphatic heterocycles. The van der Waals surface area contributed by atoms with Gasteiger partial charge >= 0.3 is 0 Å². The van der Waals surface area contributed by atoms with Crippen LogP contribution in [0, 0.1) is 12.7 Å². The van der Waals surface area contributed by atoms with Crippen molar-refractivity contribution in [3.8, 4) is 0 Å². The molecule has 0 spiro atoms.